The molecule has 0 fully saturated rings. The van der Waals surface area contributed by atoms with Crippen LogP contribution in [-0.2, 0) is 19.9 Å². The zero-order valence-corrected chi connectivity index (χ0v) is 19.6. The van der Waals surface area contributed by atoms with Gasteiger partial charge in [-0.2, -0.15) is 21.0 Å². The number of benzene rings is 2. The summed E-state index contributed by atoms with van der Waals surface area (Å²) in [6.45, 7) is 0. The van der Waals surface area contributed by atoms with Gasteiger partial charge in [-0.3, -0.25) is 24.9 Å². The molecular formula is C18H20ClN5O5S3. The highest BCUT2D eigenvalue weighted by atomic mass is 35.5. The van der Waals surface area contributed by atoms with E-state index in [1.165, 1.54) is 24.3 Å². The monoisotopic (exact) mass is 517 g/mol. The maximum absolute atomic E-state index is 12.2. The predicted octanol–water partition coefficient (Wildman–Crippen LogP) is 2.45. The lowest BCUT2D eigenvalue weighted by Crippen LogP contribution is -2.45. The number of carbonyl (C=O) groups excluding carboxylic acids is 2. The van der Waals surface area contributed by atoms with Crippen molar-refractivity contribution >= 4 is 81.1 Å². The van der Waals surface area contributed by atoms with Crippen molar-refractivity contribution in [2.75, 3.05) is 15.4 Å². The number of hydrazine groups is 1. The average molecular weight is 518 g/mol. The molecule has 0 radical (unpaired) electrons. The second-order valence-electron chi connectivity index (χ2n) is 6.38. The molecule has 2 aromatic carbocycles. The normalized spacial score (nSPS) is 12.7. The van der Waals surface area contributed by atoms with Gasteiger partial charge in [0.15, 0.2) is 5.11 Å². The number of thiocarbonyl (C=S) groups is 1. The summed E-state index contributed by atoms with van der Waals surface area (Å²) in [6, 6.07) is 12.6. The number of thiol groups is 1. The third-order valence-corrected chi connectivity index (χ3v) is 5.33. The van der Waals surface area contributed by atoms with Gasteiger partial charge in [-0.25, -0.2) is 0 Å². The largest absolute Gasteiger partial charge is 0.373 e. The lowest BCUT2D eigenvalue weighted by atomic mass is 10.1. The van der Waals surface area contributed by atoms with Gasteiger partial charge in [0.05, 0.1) is 17.0 Å². The summed E-state index contributed by atoms with van der Waals surface area (Å²) >= 11 is 15.2. The van der Waals surface area contributed by atoms with Crippen LogP contribution in [0, 0.1) is 5.92 Å². The SMILES string of the molecule is O=CC(CC(=O)NNC(=S)Nc1ccc(Cl)cc1)C(S)Nc1ccc(NS(=O)(=O)O)cc1. The molecule has 0 saturated carbocycles. The Morgan fingerprint density at radius 1 is 1.06 bits per heavy atom. The molecule has 172 valence electrons. The minimum absolute atomic E-state index is 0.141. The molecule has 0 aromatic heterocycles. The number of hydrogen-bond acceptors (Lipinski definition) is 7. The first-order chi connectivity index (χ1) is 15.1. The molecule has 0 saturated heterocycles. The van der Waals surface area contributed by atoms with Gasteiger partial charge in [0.2, 0.25) is 5.91 Å². The van der Waals surface area contributed by atoms with Crippen molar-refractivity contribution in [3.8, 4) is 0 Å². The van der Waals surface area contributed by atoms with E-state index in [9.17, 15) is 18.0 Å². The smallest absolute Gasteiger partial charge is 0.357 e. The third-order valence-electron chi connectivity index (χ3n) is 3.87. The predicted molar refractivity (Wildman–Crippen MR) is 131 cm³/mol. The first kappa shape index (κ1) is 25.7. The van der Waals surface area contributed by atoms with Crippen molar-refractivity contribution in [2.24, 2.45) is 5.92 Å². The number of nitrogens with one attached hydrogen (secondary N) is 5. The number of hydrogen-bond donors (Lipinski definition) is 7. The van der Waals surface area contributed by atoms with Gasteiger partial charge in [-0.1, -0.05) is 11.6 Å². The van der Waals surface area contributed by atoms with Crippen molar-refractivity contribution in [3.05, 3.63) is 53.6 Å². The van der Waals surface area contributed by atoms with Gasteiger partial charge in [0.25, 0.3) is 0 Å². The van der Waals surface area contributed by atoms with Crippen LogP contribution in [-0.4, -0.2) is 35.7 Å². The molecule has 2 rings (SSSR count). The van der Waals surface area contributed by atoms with E-state index in [0.29, 0.717) is 22.7 Å². The van der Waals surface area contributed by atoms with Gasteiger partial charge in [0, 0.05) is 22.8 Å². The van der Waals surface area contributed by atoms with E-state index in [2.05, 4.69) is 34.1 Å². The highest BCUT2D eigenvalue weighted by Crippen LogP contribution is 2.20. The highest BCUT2D eigenvalue weighted by molar-refractivity contribution is 7.87. The van der Waals surface area contributed by atoms with Gasteiger partial charge in [-0.05, 0) is 60.7 Å². The fourth-order valence-electron chi connectivity index (χ4n) is 2.38. The van der Waals surface area contributed by atoms with Crippen LogP contribution in [0.4, 0.5) is 17.1 Å². The molecule has 2 atom stereocenters. The molecule has 0 heterocycles. The maximum Gasteiger partial charge on any atom is 0.357 e. The Kier molecular flexibility index (Phi) is 9.53. The highest BCUT2D eigenvalue weighted by Gasteiger charge is 2.21. The van der Waals surface area contributed by atoms with Crippen LogP contribution >= 0.6 is 36.4 Å². The summed E-state index contributed by atoms with van der Waals surface area (Å²) < 4.78 is 32.3. The van der Waals surface area contributed by atoms with E-state index in [1.54, 1.807) is 24.3 Å². The second-order valence-corrected chi connectivity index (χ2v) is 8.94. The summed E-state index contributed by atoms with van der Waals surface area (Å²) in [5.41, 5.74) is 6.27. The maximum atomic E-state index is 12.2. The Morgan fingerprint density at radius 3 is 2.19 bits per heavy atom. The molecule has 2 aromatic rings. The quantitative estimate of drug-likeness (QED) is 0.0664. The molecule has 2 unspecified atom stereocenters. The minimum atomic E-state index is -4.38. The summed E-state index contributed by atoms with van der Waals surface area (Å²) in [7, 11) is -4.38. The molecule has 10 nitrogen and oxygen atoms in total. The van der Waals surface area contributed by atoms with Gasteiger partial charge < -0.3 is 15.4 Å². The number of halogens is 1. The number of anilines is 3. The Labute approximate surface area is 200 Å². The van der Waals surface area contributed by atoms with E-state index in [4.69, 9.17) is 28.4 Å². The van der Waals surface area contributed by atoms with Crippen LogP contribution in [0.25, 0.3) is 0 Å². The molecule has 0 aliphatic heterocycles. The summed E-state index contributed by atoms with van der Waals surface area (Å²) in [6.07, 6.45) is 0.423. The third kappa shape index (κ3) is 9.28. The van der Waals surface area contributed by atoms with Crippen LogP contribution in [0.1, 0.15) is 6.42 Å². The Morgan fingerprint density at radius 2 is 1.62 bits per heavy atom. The van der Waals surface area contributed by atoms with Crippen molar-refractivity contribution in [3.63, 3.8) is 0 Å². The van der Waals surface area contributed by atoms with Crippen molar-refractivity contribution in [1.82, 2.24) is 10.9 Å². The van der Waals surface area contributed by atoms with E-state index in [1.807, 2.05) is 4.72 Å². The van der Waals surface area contributed by atoms with Crippen LogP contribution in [0.2, 0.25) is 5.02 Å². The fraction of sp³-hybridized carbons (Fsp3) is 0.167. The van der Waals surface area contributed by atoms with E-state index >= 15 is 0 Å². The van der Waals surface area contributed by atoms with Crippen LogP contribution in [0.3, 0.4) is 0 Å². The van der Waals surface area contributed by atoms with Crippen LogP contribution in [0.15, 0.2) is 48.5 Å². The molecule has 1 amide bonds. The van der Waals surface area contributed by atoms with Crippen molar-refractivity contribution in [1.29, 1.82) is 0 Å². The fourth-order valence-corrected chi connectivity index (χ4v) is 3.44. The van der Waals surface area contributed by atoms with Gasteiger partial charge in [-0.15, -0.1) is 0 Å². The Balaban J connectivity index is 1.82. The first-order valence-electron chi connectivity index (χ1n) is 8.92. The number of rotatable bonds is 9. The van der Waals surface area contributed by atoms with Crippen LogP contribution < -0.4 is 26.2 Å². The Bertz CT molecular complexity index is 1050. The number of carbonyl (C=O) groups is 2. The zero-order chi connectivity index (χ0) is 23.7. The van der Waals surface area contributed by atoms with Gasteiger partial charge in [0.1, 0.15) is 6.29 Å². The summed E-state index contributed by atoms with van der Waals surface area (Å²) in [5.74, 6) is -1.27. The number of amides is 1. The second kappa shape index (κ2) is 11.9. The van der Waals surface area contributed by atoms with Crippen LogP contribution in [0.5, 0.6) is 0 Å². The molecule has 0 aliphatic carbocycles. The summed E-state index contributed by atoms with van der Waals surface area (Å²) in [5, 5.41) is 5.79. The molecule has 32 heavy (non-hydrogen) atoms. The zero-order valence-electron chi connectivity index (χ0n) is 16.3. The molecule has 0 spiro atoms. The molecular weight excluding hydrogens is 498 g/mol. The van der Waals surface area contributed by atoms with Crippen molar-refractivity contribution < 1.29 is 22.6 Å². The molecule has 6 N–H and O–H groups in total. The minimum Gasteiger partial charge on any atom is -0.373 e. The lowest BCUT2D eigenvalue weighted by Gasteiger charge is -2.21. The average Bonchev–Trinajstić information content (AvgIpc) is 2.72. The van der Waals surface area contributed by atoms with E-state index in [-0.39, 0.29) is 17.2 Å². The topological polar surface area (TPSA) is 149 Å². The molecule has 0 aliphatic rings. The van der Waals surface area contributed by atoms with E-state index < -0.39 is 27.5 Å². The lowest BCUT2D eigenvalue weighted by molar-refractivity contribution is -0.124. The Hall–Kier alpha value is -2.58. The standard InChI is InChI=1S/C18H20ClN5O5S3/c19-12-1-3-14(4-2-12)21-18(31)23-22-16(26)9-11(10-25)17(30)20-13-5-7-15(8-6-13)24-32(27,28)29/h1-8,10-11,17,20,24,30H,9H2,(H,22,26)(H2,21,23,31)(H,27,28,29). The molecule has 0 bridgehead atoms. The van der Waals surface area contributed by atoms with E-state index in [0.717, 1.165) is 0 Å². The number of aldehydes is 1. The first-order valence-corrected chi connectivity index (χ1v) is 11.7. The molecule has 14 heteroatoms. The van der Waals surface area contributed by atoms with Crippen molar-refractivity contribution in [2.45, 2.75) is 11.8 Å². The van der Waals surface area contributed by atoms with Gasteiger partial charge >= 0.3 is 10.3 Å². The summed E-state index contributed by atoms with van der Waals surface area (Å²) in [4.78, 5) is 23.6.